The summed E-state index contributed by atoms with van der Waals surface area (Å²) >= 11 is 0. The Morgan fingerprint density at radius 1 is 1.08 bits per heavy atom. The molecule has 1 unspecified atom stereocenters. The molecule has 0 aliphatic heterocycles. The Morgan fingerprint density at radius 3 is 2.46 bits per heavy atom. The van der Waals surface area contributed by atoms with E-state index in [2.05, 4.69) is 54.2 Å². The van der Waals surface area contributed by atoms with Crippen LogP contribution in [0.15, 0.2) is 70.7 Å². The van der Waals surface area contributed by atoms with E-state index < -0.39 is 0 Å². The molecule has 0 saturated heterocycles. The molecule has 2 N–H and O–H groups in total. The van der Waals surface area contributed by atoms with E-state index in [-0.39, 0.29) is 5.96 Å². The molecule has 0 amide bonds. The van der Waals surface area contributed by atoms with E-state index in [0.717, 1.165) is 18.5 Å². The second kappa shape index (κ2) is 9.46. The van der Waals surface area contributed by atoms with Gasteiger partial charge >= 0.3 is 0 Å². The molecule has 2 aromatic rings. The number of benzene rings is 2. The lowest BCUT2D eigenvalue weighted by Crippen LogP contribution is -2.07. The van der Waals surface area contributed by atoms with Crippen LogP contribution >= 0.6 is 0 Å². The second-order valence-corrected chi connectivity index (χ2v) is 5.73. The SMILES string of the molecule is CCC(C)c1ccc(N=C(N)/N=C/C/C=C/c2ccccc2)cc1. The number of guanidine groups is 1. The van der Waals surface area contributed by atoms with E-state index in [1.54, 1.807) is 6.21 Å². The highest BCUT2D eigenvalue weighted by Crippen LogP contribution is 2.21. The fraction of sp³-hybridized carbons (Fsp3) is 0.238. The maximum Gasteiger partial charge on any atom is 0.220 e. The Morgan fingerprint density at radius 2 is 1.79 bits per heavy atom. The van der Waals surface area contributed by atoms with Crippen molar-refractivity contribution in [3.05, 3.63) is 71.8 Å². The Bertz CT molecular complexity index is 698. The molecule has 0 radical (unpaired) electrons. The third-order valence-corrected chi connectivity index (χ3v) is 3.89. The standard InChI is InChI=1S/C21H25N3/c1-3-17(2)19-12-14-20(15-13-19)24-21(22)23-16-8-7-11-18-9-5-4-6-10-18/h4-7,9-17H,3,8H2,1-2H3,(H2,22,24)/b11-7+,23-16+. The van der Waals surface area contributed by atoms with E-state index in [1.165, 1.54) is 11.1 Å². The van der Waals surface area contributed by atoms with Gasteiger partial charge in [0, 0.05) is 12.6 Å². The van der Waals surface area contributed by atoms with Crippen molar-refractivity contribution in [1.29, 1.82) is 0 Å². The summed E-state index contributed by atoms with van der Waals surface area (Å²) < 4.78 is 0. The van der Waals surface area contributed by atoms with Crippen LogP contribution in [0, 0.1) is 0 Å². The highest BCUT2D eigenvalue weighted by Gasteiger charge is 2.01. The van der Waals surface area contributed by atoms with Gasteiger partial charge in [0.15, 0.2) is 0 Å². The molecule has 3 heteroatoms. The van der Waals surface area contributed by atoms with Gasteiger partial charge in [-0.05, 0) is 35.6 Å². The Labute approximate surface area is 144 Å². The van der Waals surface area contributed by atoms with E-state index in [9.17, 15) is 0 Å². The second-order valence-electron chi connectivity index (χ2n) is 5.73. The normalized spacial score (nSPS) is 13.7. The molecule has 0 saturated carbocycles. The highest BCUT2D eigenvalue weighted by molar-refractivity contribution is 5.88. The molecule has 124 valence electrons. The molecule has 0 heterocycles. The highest BCUT2D eigenvalue weighted by atomic mass is 15.0. The van der Waals surface area contributed by atoms with Crippen LogP contribution in [0.5, 0.6) is 0 Å². The van der Waals surface area contributed by atoms with Crippen molar-refractivity contribution in [2.75, 3.05) is 0 Å². The molecule has 0 bridgehead atoms. The smallest absolute Gasteiger partial charge is 0.220 e. The largest absolute Gasteiger partial charge is 0.368 e. The number of aliphatic imine (C=N–C) groups is 2. The molecule has 0 aliphatic rings. The number of rotatable bonds is 6. The lowest BCUT2D eigenvalue weighted by Gasteiger charge is -2.08. The maximum atomic E-state index is 5.85. The van der Waals surface area contributed by atoms with E-state index in [1.807, 2.05) is 36.4 Å². The number of hydrogen-bond donors (Lipinski definition) is 1. The van der Waals surface area contributed by atoms with Crippen molar-refractivity contribution >= 4 is 23.9 Å². The van der Waals surface area contributed by atoms with Crippen LogP contribution in [-0.4, -0.2) is 12.2 Å². The van der Waals surface area contributed by atoms with Crippen molar-refractivity contribution in [2.24, 2.45) is 15.7 Å². The molecule has 2 rings (SSSR count). The predicted molar refractivity (Wildman–Crippen MR) is 105 cm³/mol. The van der Waals surface area contributed by atoms with Gasteiger partial charge in [-0.1, -0.05) is 68.5 Å². The Kier molecular flexibility index (Phi) is 6.96. The van der Waals surface area contributed by atoms with Crippen molar-refractivity contribution in [3.63, 3.8) is 0 Å². The van der Waals surface area contributed by atoms with Gasteiger partial charge < -0.3 is 5.73 Å². The van der Waals surface area contributed by atoms with Gasteiger partial charge in [-0.3, -0.25) is 0 Å². The summed E-state index contributed by atoms with van der Waals surface area (Å²) in [5.74, 6) is 0.842. The summed E-state index contributed by atoms with van der Waals surface area (Å²) in [6, 6.07) is 18.3. The number of nitrogens with zero attached hydrogens (tertiary/aromatic N) is 2. The van der Waals surface area contributed by atoms with E-state index in [0.29, 0.717) is 5.92 Å². The average Bonchev–Trinajstić information content (AvgIpc) is 2.62. The van der Waals surface area contributed by atoms with Crippen LogP contribution in [0.3, 0.4) is 0 Å². The monoisotopic (exact) mass is 319 g/mol. The molecule has 1 atom stereocenters. The summed E-state index contributed by atoms with van der Waals surface area (Å²) in [7, 11) is 0. The fourth-order valence-electron chi connectivity index (χ4n) is 2.25. The first-order chi connectivity index (χ1) is 11.7. The van der Waals surface area contributed by atoms with Crippen LogP contribution in [0.2, 0.25) is 0 Å². The molecule has 0 aliphatic carbocycles. The Hall–Kier alpha value is -2.68. The first-order valence-corrected chi connectivity index (χ1v) is 8.37. The summed E-state index contributed by atoms with van der Waals surface area (Å²) in [4.78, 5) is 8.49. The predicted octanol–water partition coefficient (Wildman–Crippen LogP) is 5.32. The van der Waals surface area contributed by atoms with Gasteiger partial charge in [0.1, 0.15) is 0 Å². The summed E-state index contributed by atoms with van der Waals surface area (Å²) in [5.41, 5.74) is 9.18. The molecule has 24 heavy (non-hydrogen) atoms. The van der Waals surface area contributed by atoms with Gasteiger partial charge in [0.25, 0.3) is 0 Å². The maximum absolute atomic E-state index is 5.85. The summed E-state index contributed by atoms with van der Waals surface area (Å²) in [5, 5.41) is 0. The fourth-order valence-corrected chi connectivity index (χ4v) is 2.25. The first-order valence-electron chi connectivity index (χ1n) is 8.37. The molecular weight excluding hydrogens is 294 g/mol. The molecule has 0 spiro atoms. The minimum Gasteiger partial charge on any atom is -0.368 e. The van der Waals surface area contributed by atoms with Gasteiger partial charge in [-0.15, -0.1) is 0 Å². The number of hydrogen-bond acceptors (Lipinski definition) is 1. The quantitative estimate of drug-likeness (QED) is 0.568. The molecule has 3 nitrogen and oxygen atoms in total. The van der Waals surface area contributed by atoms with Crippen molar-refractivity contribution in [1.82, 2.24) is 0 Å². The van der Waals surface area contributed by atoms with Crippen LogP contribution in [0.25, 0.3) is 6.08 Å². The lowest BCUT2D eigenvalue weighted by atomic mass is 9.99. The van der Waals surface area contributed by atoms with Crippen molar-refractivity contribution in [3.8, 4) is 0 Å². The van der Waals surface area contributed by atoms with E-state index >= 15 is 0 Å². The van der Waals surface area contributed by atoms with Crippen LogP contribution in [0.1, 0.15) is 43.7 Å². The topological polar surface area (TPSA) is 50.7 Å². The zero-order valence-electron chi connectivity index (χ0n) is 14.4. The minimum atomic E-state index is 0.277. The number of nitrogens with two attached hydrogens (primary N) is 1. The number of allylic oxidation sites excluding steroid dienone is 1. The van der Waals surface area contributed by atoms with Crippen molar-refractivity contribution < 1.29 is 0 Å². The van der Waals surface area contributed by atoms with Gasteiger partial charge in [-0.2, -0.15) is 0 Å². The van der Waals surface area contributed by atoms with Gasteiger partial charge in [0.05, 0.1) is 5.69 Å². The van der Waals surface area contributed by atoms with Crippen LogP contribution in [-0.2, 0) is 0 Å². The van der Waals surface area contributed by atoms with Gasteiger partial charge in [0.2, 0.25) is 5.96 Å². The zero-order chi connectivity index (χ0) is 17.2. The van der Waals surface area contributed by atoms with Crippen LogP contribution < -0.4 is 5.73 Å². The first kappa shape index (κ1) is 17.7. The third kappa shape index (κ3) is 5.84. The van der Waals surface area contributed by atoms with E-state index in [4.69, 9.17) is 5.73 Å². The molecule has 0 fully saturated rings. The minimum absolute atomic E-state index is 0.277. The Balaban J connectivity index is 1.88. The lowest BCUT2D eigenvalue weighted by molar-refractivity contribution is 0.734. The third-order valence-electron chi connectivity index (χ3n) is 3.89. The summed E-state index contributed by atoms with van der Waals surface area (Å²) in [6.45, 7) is 4.41. The molecule has 0 aromatic heterocycles. The summed E-state index contributed by atoms with van der Waals surface area (Å²) in [6.07, 6.45) is 7.73. The molecular formula is C21H25N3. The van der Waals surface area contributed by atoms with Crippen LogP contribution in [0.4, 0.5) is 5.69 Å². The molecule has 2 aromatic carbocycles. The van der Waals surface area contributed by atoms with Gasteiger partial charge in [-0.25, -0.2) is 9.98 Å². The zero-order valence-corrected chi connectivity index (χ0v) is 14.4. The average molecular weight is 319 g/mol. The van der Waals surface area contributed by atoms with Crippen molar-refractivity contribution in [2.45, 2.75) is 32.6 Å².